The third-order valence-corrected chi connectivity index (χ3v) is 9.60. The summed E-state index contributed by atoms with van der Waals surface area (Å²) in [5.41, 5.74) is 1.39. The first-order chi connectivity index (χ1) is 22.6. The van der Waals surface area contributed by atoms with Gasteiger partial charge < -0.3 is 25.3 Å². The normalized spacial score (nSPS) is 22.8. The Kier molecular flexibility index (Phi) is 7.03. The van der Waals surface area contributed by atoms with Crippen molar-refractivity contribution >= 4 is 28.9 Å². The topological polar surface area (TPSA) is 179 Å². The molecule has 7 rings (SSSR count). The molecule has 0 aromatic heterocycles. The molecule has 4 atom stereocenters. The smallest absolute Gasteiger partial charge is 0.270 e. The van der Waals surface area contributed by atoms with Crippen LogP contribution in [0, 0.1) is 20.2 Å². The minimum absolute atomic E-state index is 0.0950. The summed E-state index contributed by atoms with van der Waals surface area (Å²) in [5, 5.41) is 48.1. The van der Waals surface area contributed by atoms with E-state index in [0.717, 1.165) is 16.8 Å². The average Bonchev–Trinajstić information content (AvgIpc) is 3.54. The van der Waals surface area contributed by atoms with Crippen LogP contribution in [0.4, 0.5) is 17.1 Å². The average molecular weight is 636 g/mol. The highest BCUT2D eigenvalue weighted by Crippen LogP contribution is 2.55. The van der Waals surface area contributed by atoms with Crippen molar-refractivity contribution in [3.63, 3.8) is 0 Å². The minimum Gasteiger partial charge on any atom is -0.508 e. The lowest BCUT2D eigenvalue weighted by molar-refractivity contribution is -0.385. The van der Waals surface area contributed by atoms with E-state index in [0.29, 0.717) is 5.56 Å². The Morgan fingerprint density at radius 3 is 2.11 bits per heavy atom. The number of piperazine rings is 1. The van der Waals surface area contributed by atoms with Gasteiger partial charge in [0.2, 0.25) is 11.8 Å². The second-order valence-corrected chi connectivity index (χ2v) is 12.2. The molecule has 13 heteroatoms. The van der Waals surface area contributed by atoms with Gasteiger partial charge in [-0.15, -0.1) is 0 Å². The molecule has 3 aliphatic rings. The predicted octanol–water partition coefficient (Wildman–Crippen LogP) is 4.40. The van der Waals surface area contributed by atoms with E-state index in [9.17, 15) is 40.0 Å². The Hall–Kier alpha value is -5.98. The Morgan fingerprint density at radius 1 is 0.809 bits per heavy atom. The fourth-order valence-corrected chi connectivity index (χ4v) is 7.44. The van der Waals surface area contributed by atoms with Gasteiger partial charge in [-0.1, -0.05) is 48.5 Å². The number of aromatic hydroxyl groups is 2. The van der Waals surface area contributed by atoms with Crippen molar-refractivity contribution in [1.82, 2.24) is 9.80 Å². The van der Waals surface area contributed by atoms with Gasteiger partial charge >= 0.3 is 0 Å². The van der Waals surface area contributed by atoms with E-state index in [1.165, 1.54) is 41.3 Å². The Balaban J connectivity index is 1.33. The molecule has 4 aromatic carbocycles. The number of hydrogen-bond acceptors (Lipinski definition) is 9. The number of nitro benzene ring substituents is 2. The van der Waals surface area contributed by atoms with Crippen LogP contribution >= 0.6 is 0 Å². The number of amides is 2. The van der Waals surface area contributed by atoms with Crippen molar-refractivity contribution < 1.29 is 29.6 Å². The molecule has 3 N–H and O–H groups in total. The van der Waals surface area contributed by atoms with E-state index in [4.69, 9.17) is 0 Å². The number of nitrogens with zero attached hydrogens (tertiary/aromatic N) is 4. The van der Waals surface area contributed by atoms with Crippen LogP contribution in [0.25, 0.3) is 0 Å². The molecule has 0 bridgehead atoms. The number of hydrogen-bond donors (Lipinski definition) is 3. The third kappa shape index (κ3) is 4.87. The number of carbonyl (C=O) groups is 2. The minimum atomic E-state index is -1.01. The summed E-state index contributed by atoms with van der Waals surface area (Å²) < 4.78 is 0. The second-order valence-electron chi connectivity index (χ2n) is 12.2. The van der Waals surface area contributed by atoms with Crippen LogP contribution in [0.3, 0.4) is 0 Å². The lowest BCUT2D eigenvalue weighted by Gasteiger charge is -2.44. The number of benzene rings is 4. The Bertz CT molecular complexity index is 1950. The van der Waals surface area contributed by atoms with Gasteiger partial charge in [-0.25, -0.2) is 0 Å². The number of fused-ring (bicyclic) bond motifs is 5. The van der Waals surface area contributed by atoms with E-state index >= 15 is 0 Å². The summed E-state index contributed by atoms with van der Waals surface area (Å²) in [6.45, 7) is -0.243. The number of rotatable bonds is 8. The highest BCUT2D eigenvalue weighted by atomic mass is 16.6. The van der Waals surface area contributed by atoms with E-state index < -0.39 is 39.4 Å². The number of phenolic OH excluding ortho intramolecular Hbond substituents is 2. The first-order valence-corrected chi connectivity index (χ1v) is 15.0. The largest absolute Gasteiger partial charge is 0.508 e. The van der Waals surface area contributed by atoms with Crippen LogP contribution in [0.2, 0.25) is 0 Å². The molecule has 4 aromatic rings. The number of phenols is 2. The van der Waals surface area contributed by atoms with Crippen molar-refractivity contribution in [3.8, 4) is 11.5 Å². The monoisotopic (exact) mass is 635 g/mol. The maximum atomic E-state index is 14.7. The zero-order valence-electron chi connectivity index (χ0n) is 24.9. The van der Waals surface area contributed by atoms with Gasteiger partial charge in [-0.2, -0.15) is 0 Å². The quantitative estimate of drug-likeness (QED) is 0.187. The summed E-state index contributed by atoms with van der Waals surface area (Å²) in [7, 11) is 0. The summed E-state index contributed by atoms with van der Waals surface area (Å²) in [5.74, 6) is -1.12. The molecule has 0 saturated carbocycles. The molecule has 3 aliphatic heterocycles. The number of anilines is 1. The molecule has 0 aliphatic carbocycles. The van der Waals surface area contributed by atoms with E-state index in [1.807, 2.05) is 54.6 Å². The molecule has 2 fully saturated rings. The van der Waals surface area contributed by atoms with Crippen LogP contribution in [-0.2, 0) is 34.4 Å². The van der Waals surface area contributed by atoms with Gasteiger partial charge in [-0.3, -0.25) is 29.8 Å². The van der Waals surface area contributed by atoms with Gasteiger partial charge in [0.05, 0.1) is 16.4 Å². The number of nitrogens with one attached hydrogen (secondary N) is 1. The predicted molar refractivity (Wildman–Crippen MR) is 168 cm³/mol. The van der Waals surface area contributed by atoms with Crippen LogP contribution in [0.1, 0.15) is 28.7 Å². The molecule has 3 heterocycles. The maximum absolute atomic E-state index is 14.7. The summed E-state index contributed by atoms with van der Waals surface area (Å²) >= 11 is 0. The maximum Gasteiger partial charge on any atom is 0.270 e. The molecule has 238 valence electrons. The summed E-state index contributed by atoms with van der Waals surface area (Å²) in [6.07, 6.45) is -0.323. The van der Waals surface area contributed by atoms with Gasteiger partial charge in [0.15, 0.2) is 0 Å². The van der Waals surface area contributed by atoms with Crippen molar-refractivity contribution in [2.45, 2.75) is 49.5 Å². The van der Waals surface area contributed by atoms with Gasteiger partial charge in [0.1, 0.15) is 29.7 Å². The first kappa shape index (κ1) is 29.7. The third-order valence-electron chi connectivity index (χ3n) is 9.60. The molecule has 13 nitrogen and oxygen atoms in total. The zero-order chi connectivity index (χ0) is 33.0. The first-order valence-electron chi connectivity index (χ1n) is 15.0. The second kappa shape index (κ2) is 11.1. The fraction of sp³-hybridized carbons (Fsp3) is 0.235. The SMILES string of the molecule is O=C1[C@@H]2C[C@@]3(Cc4cc([N+](=O)[O-])ccc4O)c4ccccc4N[C@H]3N2C(=O)[C@H](Cc2ccccc2)N1Cc1cc([N+](=O)[O-])ccc1O. The fourth-order valence-electron chi connectivity index (χ4n) is 7.44. The highest BCUT2D eigenvalue weighted by molar-refractivity contribution is 5.99. The van der Waals surface area contributed by atoms with Crippen LogP contribution in [0.5, 0.6) is 11.5 Å². The molecular weight excluding hydrogens is 606 g/mol. The van der Waals surface area contributed by atoms with Crippen LogP contribution in [0.15, 0.2) is 91.0 Å². The highest BCUT2D eigenvalue weighted by Gasteiger charge is 2.64. The molecular formula is C34H29N5O8. The summed E-state index contributed by atoms with van der Waals surface area (Å²) in [6, 6.07) is 22.0. The van der Waals surface area contributed by atoms with E-state index in [2.05, 4.69) is 5.32 Å². The van der Waals surface area contributed by atoms with E-state index in [1.54, 1.807) is 4.90 Å². The van der Waals surface area contributed by atoms with Crippen molar-refractivity contribution in [1.29, 1.82) is 0 Å². The molecule has 2 amide bonds. The lowest BCUT2D eigenvalue weighted by atomic mass is 9.73. The van der Waals surface area contributed by atoms with Crippen molar-refractivity contribution in [3.05, 3.63) is 133 Å². The number of para-hydroxylation sites is 1. The van der Waals surface area contributed by atoms with Gasteiger partial charge in [-0.05, 0) is 42.2 Å². The van der Waals surface area contributed by atoms with Gasteiger partial charge in [0.25, 0.3) is 11.4 Å². The van der Waals surface area contributed by atoms with Crippen LogP contribution < -0.4 is 5.32 Å². The number of nitro groups is 2. The number of carbonyl (C=O) groups excluding carboxylic acids is 2. The molecule has 2 saturated heterocycles. The Morgan fingerprint density at radius 2 is 1.43 bits per heavy atom. The van der Waals surface area contributed by atoms with Crippen molar-refractivity contribution in [2.24, 2.45) is 0 Å². The molecule has 0 radical (unpaired) electrons. The van der Waals surface area contributed by atoms with Gasteiger partial charge in [0, 0.05) is 52.9 Å². The summed E-state index contributed by atoms with van der Waals surface area (Å²) in [4.78, 5) is 54.3. The van der Waals surface area contributed by atoms with E-state index in [-0.39, 0.29) is 60.2 Å². The Labute approximate surface area is 268 Å². The zero-order valence-corrected chi connectivity index (χ0v) is 24.9. The van der Waals surface area contributed by atoms with Crippen LogP contribution in [-0.4, -0.2) is 59.9 Å². The van der Waals surface area contributed by atoms with Crippen molar-refractivity contribution in [2.75, 3.05) is 5.32 Å². The lowest BCUT2D eigenvalue weighted by Crippen LogP contribution is -2.65. The molecule has 0 unspecified atom stereocenters. The molecule has 47 heavy (non-hydrogen) atoms. The standard InChI is InChI=1S/C34H29N5O8/c40-29-12-10-23(38(44)45)15-21(29)17-34-18-28-31(42)36(19-22-16-24(39(46)47)11-13-30(22)41)27(14-20-6-2-1-3-7-20)32(43)37(28)33(34)35-26-9-5-4-8-25(26)34/h1-13,15-16,27-28,33,35,40-41H,14,17-19H2/t27-,28-,33-,34-/m0/s1. The molecule has 0 spiro atoms. The number of non-ortho nitro benzene ring substituents is 2.